The smallest absolute Gasteiger partial charge is 0.196 e. The monoisotopic (exact) mass is 339 g/mol. The van der Waals surface area contributed by atoms with Gasteiger partial charge in [-0.05, 0) is 36.8 Å². The van der Waals surface area contributed by atoms with Crippen molar-refractivity contribution < 1.29 is 4.74 Å². The summed E-state index contributed by atoms with van der Waals surface area (Å²) in [5, 5.41) is 10.0. The molecule has 0 aliphatic rings. The summed E-state index contributed by atoms with van der Waals surface area (Å²) in [4.78, 5) is 0. The third-order valence-corrected chi connectivity index (χ3v) is 4.36. The highest BCUT2D eigenvalue weighted by molar-refractivity contribution is 7.99. The molecule has 0 N–H and O–H groups in total. The Morgan fingerprint density at radius 3 is 2.54 bits per heavy atom. The van der Waals surface area contributed by atoms with E-state index in [-0.39, 0.29) is 0 Å². The van der Waals surface area contributed by atoms with Gasteiger partial charge in [0.2, 0.25) is 0 Å². The second-order valence-electron chi connectivity index (χ2n) is 5.84. The average Bonchev–Trinajstić information content (AvgIpc) is 2.95. The summed E-state index contributed by atoms with van der Waals surface area (Å²) in [6.45, 7) is 6.73. The van der Waals surface area contributed by atoms with Gasteiger partial charge in [0.1, 0.15) is 12.4 Å². The minimum atomic E-state index is 0.379. The molecule has 124 valence electrons. The molecule has 0 saturated heterocycles. The van der Waals surface area contributed by atoms with Crippen molar-refractivity contribution >= 4 is 11.8 Å². The van der Waals surface area contributed by atoms with E-state index in [2.05, 4.69) is 53.7 Å². The molecule has 1 aromatic heterocycles. The zero-order valence-corrected chi connectivity index (χ0v) is 15.0. The molecule has 0 aliphatic heterocycles. The summed E-state index contributed by atoms with van der Waals surface area (Å²) in [6, 6.07) is 18.2. The van der Waals surface area contributed by atoms with E-state index in [0.29, 0.717) is 11.9 Å². The van der Waals surface area contributed by atoms with E-state index in [9.17, 15) is 0 Å². The van der Waals surface area contributed by atoms with Crippen molar-refractivity contribution in [2.75, 3.05) is 0 Å². The highest BCUT2D eigenvalue weighted by atomic mass is 32.2. The number of hydrogen-bond donors (Lipinski definition) is 0. The molecule has 24 heavy (non-hydrogen) atoms. The highest BCUT2D eigenvalue weighted by Gasteiger charge is 2.16. The second kappa shape index (κ2) is 7.53. The minimum absolute atomic E-state index is 0.379. The lowest BCUT2D eigenvalue weighted by Gasteiger charge is -2.12. The van der Waals surface area contributed by atoms with Crippen molar-refractivity contribution in [1.82, 2.24) is 14.8 Å². The number of benzene rings is 2. The van der Waals surface area contributed by atoms with Crippen LogP contribution in [-0.2, 0) is 6.61 Å². The first kappa shape index (κ1) is 16.6. The molecule has 0 radical (unpaired) electrons. The van der Waals surface area contributed by atoms with Crippen molar-refractivity contribution in [3.63, 3.8) is 0 Å². The Hall–Kier alpha value is -2.27. The molecular formula is C19H21N3OS. The lowest BCUT2D eigenvalue weighted by molar-refractivity contribution is 0.292. The first-order valence-electron chi connectivity index (χ1n) is 7.99. The molecule has 4 nitrogen and oxygen atoms in total. The molecule has 0 aliphatic carbocycles. The quantitative estimate of drug-likeness (QED) is 0.613. The van der Waals surface area contributed by atoms with Crippen LogP contribution in [0.3, 0.4) is 0 Å². The first-order valence-corrected chi connectivity index (χ1v) is 8.87. The van der Waals surface area contributed by atoms with Gasteiger partial charge in [0.25, 0.3) is 0 Å². The van der Waals surface area contributed by atoms with E-state index in [4.69, 9.17) is 4.74 Å². The van der Waals surface area contributed by atoms with Crippen molar-refractivity contribution in [2.24, 2.45) is 0 Å². The van der Waals surface area contributed by atoms with Crippen LogP contribution in [0.4, 0.5) is 0 Å². The standard InChI is InChI=1S/C19H21N3OS/c1-14(2)24-19-21-20-18(22(19)16-9-5-4-6-10-16)13-23-17-11-7-8-15(3)12-17/h4-12,14H,13H2,1-3H3. The minimum Gasteiger partial charge on any atom is -0.486 e. The lowest BCUT2D eigenvalue weighted by Crippen LogP contribution is -2.07. The Balaban J connectivity index is 1.88. The van der Waals surface area contributed by atoms with Gasteiger partial charge in [-0.3, -0.25) is 4.57 Å². The van der Waals surface area contributed by atoms with Gasteiger partial charge < -0.3 is 4.74 Å². The molecule has 2 aromatic carbocycles. The zero-order valence-electron chi connectivity index (χ0n) is 14.1. The fraction of sp³-hybridized carbons (Fsp3) is 0.263. The average molecular weight is 339 g/mol. The number of para-hydroxylation sites is 1. The van der Waals surface area contributed by atoms with Gasteiger partial charge in [-0.25, -0.2) is 0 Å². The van der Waals surface area contributed by atoms with Crippen LogP contribution in [0.15, 0.2) is 59.8 Å². The van der Waals surface area contributed by atoms with Gasteiger partial charge in [0, 0.05) is 10.9 Å². The van der Waals surface area contributed by atoms with Crippen LogP contribution < -0.4 is 4.74 Å². The normalized spacial score (nSPS) is 11.0. The summed E-state index contributed by atoms with van der Waals surface area (Å²) in [7, 11) is 0. The third kappa shape index (κ3) is 3.97. The molecule has 0 fully saturated rings. The van der Waals surface area contributed by atoms with Gasteiger partial charge in [0.05, 0.1) is 0 Å². The van der Waals surface area contributed by atoms with Crippen LogP contribution in [0.25, 0.3) is 5.69 Å². The summed E-state index contributed by atoms with van der Waals surface area (Å²) in [6.07, 6.45) is 0. The van der Waals surface area contributed by atoms with E-state index in [1.807, 2.05) is 36.4 Å². The lowest BCUT2D eigenvalue weighted by atomic mass is 10.2. The van der Waals surface area contributed by atoms with Gasteiger partial charge in [-0.1, -0.05) is 55.9 Å². The highest BCUT2D eigenvalue weighted by Crippen LogP contribution is 2.26. The number of aryl methyl sites for hydroxylation is 1. The Kier molecular flexibility index (Phi) is 5.20. The topological polar surface area (TPSA) is 39.9 Å². The van der Waals surface area contributed by atoms with Crippen LogP contribution in [0.5, 0.6) is 5.75 Å². The number of hydrogen-bond acceptors (Lipinski definition) is 4. The van der Waals surface area contributed by atoms with E-state index in [1.54, 1.807) is 11.8 Å². The van der Waals surface area contributed by atoms with Crippen LogP contribution in [-0.4, -0.2) is 20.0 Å². The second-order valence-corrected chi connectivity index (χ2v) is 7.39. The first-order chi connectivity index (χ1) is 11.6. The van der Waals surface area contributed by atoms with E-state index in [1.165, 1.54) is 5.56 Å². The number of thioether (sulfide) groups is 1. The van der Waals surface area contributed by atoms with Gasteiger partial charge >= 0.3 is 0 Å². The van der Waals surface area contributed by atoms with E-state index >= 15 is 0 Å². The summed E-state index contributed by atoms with van der Waals surface area (Å²) < 4.78 is 7.99. The number of rotatable bonds is 6. The van der Waals surface area contributed by atoms with Crippen molar-refractivity contribution in [2.45, 2.75) is 37.8 Å². The molecule has 0 unspecified atom stereocenters. The molecule has 3 aromatic rings. The maximum atomic E-state index is 5.92. The van der Waals surface area contributed by atoms with Crippen LogP contribution in [0.1, 0.15) is 25.2 Å². The van der Waals surface area contributed by atoms with Gasteiger partial charge in [-0.2, -0.15) is 0 Å². The van der Waals surface area contributed by atoms with Gasteiger partial charge in [0.15, 0.2) is 11.0 Å². The zero-order chi connectivity index (χ0) is 16.9. The Bertz CT molecular complexity index is 799. The largest absolute Gasteiger partial charge is 0.486 e. The van der Waals surface area contributed by atoms with Crippen LogP contribution in [0, 0.1) is 6.92 Å². The summed E-state index contributed by atoms with van der Waals surface area (Å²) in [5.74, 6) is 1.64. The molecule has 0 bridgehead atoms. The molecule has 5 heteroatoms. The van der Waals surface area contributed by atoms with Crippen molar-refractivity contribution in [3.05, 3.63) is 66.0 Å². The van der Waals surface area contributed by atoms with Gasteiger partial charge in [-0.15, -0.1) is 10.2 Å². The fourth-order valence-electron chi connectivity index (χ4n) is 2.37. The van der Waals surface area contributed by atoms with E-state index in [0.717, 1.165) is 22.4 Å². The third-order valence-electron chi connectivity index (χ3n) is 3.41. The van der Waals surface area contributed by atoms with Crippen molar-refractivity contribution in [3.8, 4) is 11.4 Å². The van der Waals surface area contributed by atoms with Crippen molar-refractivity contribution in [1.29, 1.82) is 0 Å². The van der Waals surface area contributed by atoms with Crippen LogP contribution in [0.2, 0.25) is 0 Å². The number of ether oxygens (including phenoxy) is 1. The Morgan fingerprint density at radius 1 is 1.04 bits per heavy atom. The summed E-state index contributed by atoms with van der Waals surface area (Å²) >= 11 is 1.70. The maximum absolute atomic E-state index is 5.92. The fourth-order valence-corrected chi connectivity index (χ4v) is 3.20. The SMILES string of the molecule is Cc1cccc(OCc2nnc(SC(C)C)n2-c2ccccc2)c1. The predicted molar refractivity (Wildman–Crippen MR) is 97.9 cm³/mol. The molecule has 0 saturated carbocycles. The summed E-state index contributed by atoms with van der Waals surface area (Å²) in [5.41, 5.74) is 2.22. The number of nitrogens with zero attached hydrogens (tertiary/aromatic N) is 3. The van der Waals surface area contributed by atoms with Crippen LogP contribution >= 0.6 is 11.8 Å². The Labute approximate surface area is 146 Å². The molecule has 3 rings (SSSR count). The maximum Gasteiger partial charge on any atom is 0.196 e. The molecule has 0 spiro atoms. The number of aromatic nitrogens is 3. The Morgan fingerprint density at radius 2 is 1.83 bits per heavy atom. The molecule has 1 heterocycles. The van der Waals surface area contributed by atoms with E-state index < -0.39 is 0 Å². The molecule has 0 amide bonds. The molecule has 0 atom stereocenters. The molecular weight excluding hydrogens is 318 g/mol. The predicted octanol–water partition coefficient (Wildman–Crippen LogP) is 4.66.